The molecule has 0 aliphatic heterocycles. The third-order valence-electron chi connectivity index (χ3n) is 3.33. The molecule has 0 spiro atoms. The van der Waals surface area contributed by atoms with Gasteiger partial charge in [0.1, 0.15) is 11.4 Å². The summed E-state index contributed by atoms with van der Waals surface area (Å²) in [6.45, 7) is 0. The molecule has 0 atom stereocenters. The number of hydrogen-bond acceptors (Lipinski definition) is 3. The van der Waals surface area contributed by atoms with Crippen molar-refractivity contribution in [2.24, 2.45) is 0 Å². The molecule has 2 N–H and O–H groups in total. The highest BCUT2D eigenvalue weighted by molar-refractivity contribution is 6.40. The highest BCUT2D eigenvalue weighted by Gasteiger charge is 2.24. The Bertz CT molecular complexity index is 755. The first-order valence-electron chi connectivity index (χ1n) is 7.08. The number of amides is 2. The maximum absolute atomic E-state index is 12.3. The van der Waals surface area contributed by atoms with E-state index in [1.54, 1.807) is 30.3 Å². The standard InChI is InChI=1S/C16H13Cl2N3O2/c17-10-3-1-4-11(18)14(10)21-16(23)13-6-2-5-12(20-13)15(22)19-9-7-8-9/h1-6,9H,7-8H2,(H,19,22)(H,21,23). The van der Waals surface area contributed by atoms with Crippen LogP contribution in [0.15, 0.2) is 36.4 Å². The Hall–Kier alpha value is -2.11. The molecular formula is C16H13Cl2N3O2. The highest BCUT2D eigenvalue weighted by atomic mass is 35.5. The van der Waals surface area contributed by atoms with Gasteiger partial charge in [0.25, 0.3) is 11.8 Å². The molecule has 0 radical (unpaired) electrons. The molecule has 0 bridgehead atoms. The van der Waals surface area contributed by atoms with Gasteiger partial charge in [0.15, 0.2) is 0 Å². The number of nitrogens with zero attached hydrogens (tertiary/aromatic N) is 1. The van der Waals surface area contributed by atoms with Gasteiger partial charge in [-0.1, -0.05) is 35.3 Å². The fraction of sp³-hybridized carbons (Fsp3) is 0.188. The Morgan fingerprint density at radius 2 is 1.52 bits per heavy atom. The maximum atomic E-state index is 12.3. The molecular weight excluding hydrogens is 337 g/mol. The largest absolute Gasteiger partial charge is 0.348 e. The summed E-state index contributed by atoms with van der Waals surface area (Å²) in [5, 5.41) is 6.10. The number of anilines is 1. The lowest BCUT2D eigenvalue weighted by molar-refractivity contribution is 0.0946. The molecule has 3 rings (SSSR count). The molecule has 2 aromatic rings. The van der Waals surface area contributed by atoms with Crippen molar-refractivity contribution in [1.82, 2.24) is 10.3 Å². The molecule has 1 aromatic heterocycles. The van der Waals surface area contributed by atoms with Crippen LogP contribution >= 0.6 is 23.2 Å². The van der Waals surface area contributed by atoms with Gasteiger partial charge < -0.3 is 10.6 Å². The summed E-state index contributed by atoms with van der Waals surface area (Å²) in [6.07, 6.45) is 1.97. The molecule has 5 nitrogen and oxygen atoms in total. The number of halogens is 2. The molecule has 7 heteroatoms. The number of benzene rings is 1. The number of nitrogens with one attached hydrogen (secondary N) is 2. The first kappa shape index (κ1) is 15.8. The molecule has 1 aromatic carbocycles. The average molecular weight is 350 g/mol. The Morgan fingerprint density at radius 3 is 2.13 bits per heavy atom. The van der Waals surface area contributed by atoms with Crippen molar-refractivity contribution >= 4 is 40.7 Å². The molecule has 2 amide bonds. The topological polar surface area (TPSA) is 71.1 Å². The summed E-state index contributed by atoms with van der Waals surface area (Å²) >= 11 is 12.0. The van der Waals surface area contributed by atoms with Crippen molar-refractivity contribution in [3.63, 3.8) is 0 Å². The summed E-state index contributed by atoms with van der Waals surface area (Å²) in [6, 6.07) is 9.85. The van der Waals surface area contributed by atoms with Gasteiger partial charge in [-0.3, -0.25) is 9.59 Å². The lowest BCUT2D eigenvalue weighted by Crippen LogP contribution is -2.27. The molecule has 1 fully saturated rings. The summed E-state index contributed by atoms with van der Waals surface area (Å²) in [5.41, 5.74) is 0.634. The summed E-state index contributed by atoms with van der Waals surface area (Å²) in [5.74, 6) is -0.765. The van der Waals surface area contributed by atoms with Crippen LogP contribution in [-0.2, 0) is 0 Å². The number of para-hydroxylation sites is 1. The molecule has 0 saturated heterocycles. The lowest BCUT2D eigenvalue weighted by atomic mass is 10.2. The van der Waals surface area contributed by atoms with Crippen LogP contribution in [0.25, 0.3) is 0 Å². The second-order valence-corrected chi connectivity index (χ2v) is 6.02. The Kier molecular flexibility index (Phi) is 4.50. The van der Waals surface area contributed by atoms with Gasteiger partial charge >= 0.3 is 0 Å². The highest BCUT2D eigenvalue weighted by Crippen LogP contribution is 2.30. The summed E-state index contributed by atoms with van der Waals surface area (Å²) in [7, 11) is 0. The summed E-state index contributed by atoms with van der Waals surface area (Å²) in [4.78, 5) is 28.4. The number of hydrogen-bond donors (Lipinski definition) is 2. The van der Waals surface area contributed by atoms with Crippen LogP contribution in [0.3, 0.4) is 0 Å². The van der Waals surface area contributed by atoms with Gasteiger partial charge in [-0.25, -0.2) is 4.98 Å². The van der Waals surface area contributed by atoms with E-state index in [0.29, 0.717) is 15.7 Å². The van der Waals surface area contributed by atoms with Crippen LogP contribution in [0.2, 0.25) is 10.0 Å². The van der Waals surface area contributed by atoms with Crippen LogP contribution in [0.4, 0.5) is 5.69 Å². The Morgan fingerprint density at radius 1 is 0.957 bits per heavy atom. The predicted octanol–water partition coefficient (Wildman–Crippen LogP) is 3.53. The zero-order chi connectivity index (χ0) is 16.4. The van der Waals surface area contributed by atoms with Crippen molar-refractivity contribution in [1.29, 1.82) is 0 Å². The van der Waals surface area contributed by atoms with Crippen LogP contribution < -0.4 is 10.6 Å². The van der Waals surface area contributed by atoms with E-state index in [4.69, 9.17) is 23.2 Å². The van der Waals surface area contributed by atoms with E-state index in [1.807, 2.05) is 0 Å². The zero-order valence-electron chi connectivity index (χ0n) is 12.0. The average Bonchev–Trinajstić information content (AvgIpc) is 3.35. The first-order valence-corrected chi connectivity index (χ1v) is 7.83. The number of rotatable bonds is 4. The van der Waals surface area contributed by atoms with E-state index in [-0.39, 0.29) is 23.3 Å². The smallest absolute Gasteiger partial charge is 0.274 e. The molecule has 23 heavy (non-hydrogen) atoms. The SMILES string of the molecule is O=C(Nc1c(Cl)cccc1Cl)c1cccc(C(=O)NC2CC2)n1. The fourth-order valence-corrected chi connectivity index (χ4v) is 2.46. The molecule has 1 aliphatic carbocycles. The van der Waals surface area contributed by atoms with Crippen molar-refractivity contribution in [3.05, 3.63) is 57.8 Å². The third kappa shape index (κ3) is 3.81. The maximum Gasteiger partial charge on any atom is 0.274 e. The van der Waals surface area contributed by atoms with Crippen LogP contribution in [0.1, 0.15) is 33.8 Å². The van der Waals surface area contributed by atoms with Gasteiger partial charge in [-0.15, -0.1) is 0 Å². The van der Waals surface area contributed by atoms with Gasteiger partial charge in [-0.05, 0) is 37.1 Å². The third-order valence-corrected chi connectivity index (χ3v) is 3.96. The minimum atomic E-state index is -0.485. The van der Waals surface area contributed by atoms with Gasteiger partial charge in [0, 0.05) is 6.04 Å². The molecule has 1 aliphatic rings. The minimum absolute atomic E-state index is 0.115. The summed E-state index contributed by atoms with van der Waals surface area (Å²) < 4.78 is 0. The van der Waals surface area contributed by atoms with Crippen LogP contribution in [0, 0.1) is 0 Å². The van der Waals surface area contributed by atoms with E-state index >= 15 is 0 Å². The quantitative estimate of drug-likeness (QED) is 0.886. The monoisotopic (exact) mass is 349 g/mol. The van der Waals surface area contributed by atoms with Crippen molar-refractivity contribution in [3.8, 4) is 0 Å². The van der Waals surface area contributed by atoms with E-state index in [1.165, 1.54) is 6.07 Å². The predicted molar refractivity (Wildman–Crippen MR) is 89.1 cm³/mol. The minimum Gasteiger partial charge on any atom is -0.348 e. The van der Waals surface area contributed by atoms with Crippen LogP contribution in [0.5, 0.6) is 0 Å². The Labute approximate surface area is 143 Å². The van der Waals surface area contributed by atoms with Crippen molar-refractivity contribution in [2.75, 3.05) is 5.32 Å². The molecule has 1 heterocycles. The number of carbonyl (C=O) groups excluding carboxylic acids is 2. The Balaban J connectivity index is 1.78. The molecule has 0 unspecified atom stereocenters. The lowest BCUT2D eigenvalue weighted by Gasteiger charge is -2.09. The van der Waals surface area contributed by atoms with Crippen molar-refractivity contribution < 1.29 is 9.59 Å². The fourth-order valence-electron chi connectivity index (χ4n) is 1.97. The van der Waals surface area contributed by atoms with Gasteiger partial charge in [0.2, 0.25) is 0 Å². The van der Waals surface area contributed by atoms with Crippen molar-refractivity contribution in [2.45, 2.75) is 18.9 Å². The number of aromatic nitrogens is 1. The van der Waals surface area contributed by atoms with E-state index in [2.05, 4.69) is 15.6 Å². The van der Waals surface area contributed by atoms with E-state index in [0.717, 1.165) is 12.8 Å². The van der Waals surface area contributed by atoms with Gasteiger partial charge in [0.05, 0.1) is 15.7 Å². The number of carbonyl (C=O) groups is 2. The first-order chi connectivity index (χ1) is 11.0. The van der Waals surface area contributed by atoms with Crippen LogP contribution in [-0.4, -0.2) is 22.8 Å². The second kappa shape index (κ2) is 6.56. The van der Waals surface area contributed by atoms with Gasteiger partial charge in [-0.2, -0.15) is 0 Å². The normalized spacial score (nSPS) is 13.5. The molecule has 118 valence electrons. The zero-order valence-corrected chi connectivity index (χ0v) is 13.5. The number of pyridine rings is 1. The molecule has 1 saturated carbocycles. The van der Waals surface area contributed by atoms with E-state index < -0.39 is 5.91 Å². The second-order valence-electron chi connectivity index (χ2n) is 5.21. The van der Waals surface area contributed by atoms with E-state index in [9.17, 15) is 9.59 Å².